The number of nitrogens with one attached hydrogen (secondary N) is 3. The van der Waals surface area contributed by atoms with Crippen molar-refractivity contribution in [1.29, 1.82) is 0 Å². The first kappa shape index (κ1) is 20.4. The van der Waals surface area contributed by atoms with Gasteiger partial charge in [-0.3, -0.25) is 10.1 Å². The normalized spacial score (nSPS) is 11.1. The van der Waals surface area contributed by atoms with Crippen molar-refractivity contribution >= 4 is 11.5 Å². The number of benzene rings is 2. The number of phenols is 2. The number of nitrogens with zero attached hydrogens (tertiary/aromatic N) is 2. The number of hydrogen-bond donors (Lipinski definition) is 5. The molecule has 0 saturated heterocycles. The van der Waals surface area contributed by atoms with Gasteiger partial charge in [0.25, 0.3) is 0 Å². The Hall–Kier alpha value is -3.84. The summed E-state index contributed by atoms with van der Waals surface area (Å²) in [5.74, 6) is 0.776. The Morgan fingerprint density at radius 2 is 1.71 bits per heavy atom. The summed E-state index contributed by atoms with van der Waals surface area (Å²) in [6, 6.07) is 18.7. The van der Waals surface area contributed by atoms with Crippen molar-refractivity contribution in [1.82, 2.24) is 20.5 Å². The maximum Gasteiger partial charge on any atom is 0.152 e. The van der Waals surface area contributed by atoms with E-state index in [0.717, 1.165) is 34.7 Å². The number of hydrogen-bond acceptors (Lipinski definition) is 6. The molecular formula is C24H25N5O2. The van der Waals surface area contributed by atoms with E-state index in [0.29, 0.717) is 17.4 Å². The van der Waals surface area contributed by atoms with Crippen LogP contribution in [0.15, 0.2) is 66.9 Å². The molecule has 0 fully saturated rings. The molecule has 4 aromatic rings. The van der Waals surface area contributed by atoms with E-state index in [4.69, 9.17) is 0 Å². The van der Waals surface area contributed by atoms with Crippen LogP contribution in [0, 0.1) is 0 Å². The average molecular weight is 415 g/mol. The zero-order valence-electron chi connectivity index (χ0n) is 17.4. The van der Waals surface area contributed by atoms with Crippen molar-refractivity contribution in [2.24, 2.45) is 0 Å². The van der Waals surface area contributed by atoms with Gasteiger partial charge in [-0.15, -0.1) is 0 Å². The molecule has 0 aliphatic carbocycles. The first-order valence-corrected chi connectivity index (χ1v) is 10.1. The van der Waals surface area contributed by atoms with Crippen LogP contribution >= 0.6 is 0 Å². The molecule has 0 spiro atoms. The third-order valence-electron chi connectivity index (χ3n) is 4.85. The Balaban J connectivity index is 1.44. The smallest absolute Gasteiger partial charge is 0.152 e. The molecular weight excluding hydrogens is 390 g/mol. The SMILES string of the molecule is CC(C)NCc1ccc(Nc2cc(-c3ccc(-c4ccc(O)cc4O)cc3)[nH]n2)cn1. The summed E-state index contributed by atoms with van der Waals surface area (Å²) in [4.78, 5) is 4.46. The summed E-state index contributed by atoms with van der Waals surface area (Å²) in [5, 5.41) is 33.5. The van der Waals surface area contributed by atoms with E-state index < -0.39 is 0 Å². The Kier molecular flexibility index (Phi) is 5.86. The lowest BCUT2D eigenvalue weighted by atomic mass is 10.0. The molecule has 0 unspecified atom stereocenters. The zero-order valence-corrected chi connectivity index (χ0v) is 17.4. The highest BCUT2D eigenvalue weighted by atomic mass is 16.3. The van der Waals surface area contributed by atoms with Crippen LogP contribution in [0.4, 0.5) is 11.5 Å². The predicted octanol–water partition coefficient (Wildman–Crippen LogP) is 4.79. The molecule has 0 saturated carbocycles. The Labute approximate surface area is 180 Å². The summed E-state index contributed by atoms with van der Waals surface area (Å²) in [6.45, 7) is 4.95. The molecule has 4 rings (SSSR count). The number of aromatic nitrogens is 3. The molecule has 31 heavy (non-hydrogen) atoms. The molecule has 0 radical (unpaired) electrons. The van der Waals surface area contributed by atoms with Crippen molar-refractivity contribution in [2.45, 2.75) is 26.4 Å². The third kappa shape index (κ3) is 5.02. The van der Waals surface area contributed by atoms with Gasteiger partial charge in [0.1, 0.15) is 11.5 Å². The van der Waals surface area contributed by atoms with Crippen molar-refractivity contribution in [3.05, 3.63) is 72.6 Å². The number of aromatic hydroxyl groups is 2. The maximum atomic E-state index is 10.1. The van der Waals surface area contributed by atoms with Gasteiger partial charge in [-0.2, -0.15) is 5.10 Å². The number of H-pyrrole nitrogens is 1. The lowest BCUT2D eigenvalue weighted by Crippen LogP contribution is -2.22. The second kappa shape index (κ2) is 8.89. The molecule has 7 heteroatoms. The highest BCUT2D eigenvalue weighted by molar-refractivity contribution is 5.74. The molecule has 158 valence electrons. The van der Waals surface area contributed by atoms with Gasteiger partial charge in [0, 0.05) is 30.3 Å². The Morgan fingerprint density at radius 3 is 2.39 bits per heavy atom. The van der Waals surface area contributed by atoms with Crippen LogP contribution < -0.4 is 10.6 Å². The van der Waals surface area contributed by atoms with Gasteiger partial charge in [-0.05, 0) is 35.4 Å². The van der Waals surface area contributed by atoms with Crippen molar-refractivity contribution in [3.8, 4) is 33.9 Å². The van der Waals surface area contributed by atoms with Crippen molar-refractivity contribution < 1.29 is 10.2 Å². The Bertz CT molecular complexity index is 1150. The minimum Gasteiger partial charge on any atom is -0.508 e. The average Bonchev–Trinajstić information content (AvgIpc) is 3.22. The standard InChI is InChI=1S/C24H25N5O2/c1-15(2)25-13-18-7-8-19(14-26-18)27-24-12-22(28-29-24)17-5-3-16(4-6-17)21-10-9-20(30)11-23(21)31/h3-12,14-15,25,30-31H,13H2,1-2H3,(H2,27,28,29). The minimum atomic E-state index is 0.0347. The number of aromatic amines is 1. The van der Waals surface area contributed by atoms with E-state index >= 15 is 0 Å². The second-order valence-corrected chi connectivity index (χ2v) is 7.64. The van der Waals surface area contributed by atoms with Crippen LogP contribution in [0.2, 0.25) is 0 Å². The molecule has 2 aromatic carbocycles. The lowest BCUT2D eigenvalue weighted by molar-refractivity contribution is 0.452. The molecule has 7 nitrogen and oxygen atoms in total. The minimum absolute atomic E-state index is 0.0347. The van der Waals surface area contributed by atoms with E-state index in [1.54, 1.807) is 18.3 Å². The fraction of sp³-hybridized carbons (Fsp3) is 0.167. The molecule has 2 heterocycles. The predicted molar refractivity (Wildman–Crippen MR) is 122 cm³/mol. The number of phenolic OH excluding ortho intramolecular Hbond substituents is 2. The summed E-state index contributed by atoms with van der Waals surface area (Å²) in [6.07, 6.45) is 1.80. The van der Waals surface area contributed by atoms with Crippen LogP contribution in [0.1, 0.15) is 19.5 Å². The van der Waals surface area contributed by atoms with Crippen LogP contribution in [0.5, 0.6) is 11.5 Å². The highest BCUT2D eigenvalue weighted by Gasteiger charge is 2.08. The monoisotopic (exact) mass is 415 g/mol. The van der Waals surface area contributed by atoms with Gasteiger partial charge in [0.2, 0.25) is 0 Å². The van der Waals surface area contributed by atoms with E-state index in [2.05, 4.69) is 39.7 Å². The largest absolute Gasteiger partial charge is 0.508 e. The van der Waals surface area contributed by atoms with Gasteiger partial charge in [-0.1, -0.05) is 38.1 Å². The molecule has 0 atom stereocenters. The van der Waals surface area contributed by atoms with E-state index in [1.165, 1.54) is 6.07 Å². The van der Waals surface area contributed by atoms with E-state index in [9.17, 15) is 10.2 Å². The summed E-state index contributed by atoms with van der Waals surface area (Å²) in [5.41, 5.74) is 5.21. The summed E-state index contributed by atoms with van der Waals surface area (Å²) < 4.78 is 0. The molecule has 0 bridgehead atoms. The second-order valence-electron chi connectivity index (χ2n) is 7.64. The fourth-order valence-corrected chi connectivity index (χ4v) is 3.19. The van der Waals surface area contributed by atoms with Crippen LogP contribution in [0.3, 0.4) is 0 Å². The van der Waals surface area contributed by atoms with Gasteiger partial charge in [0.15, 0.2) is 5.82 Å². The van der Waals surface area contributed by atoms with Gasteiger partial charge in [0.05, 0.1) is 23.3 Å². The van der Waals surface area contributed by atoms with Crippen molar-refractivity contribution in [2.75, 3.05) is 5.32 Å². The Morgan fingerprint density at radius 1 is 0.935 bits per heavy atom. The van der Waals surface area contributed by atoms with Crippen LogP contribution in [-0.4, -0.2) is 31.4 Å². The van der Waals surface area contributed by atoms with Gasteiger partial charge >= 0.3 is 0 Å². The van der Waals surface area contributed by atoms with E-state index in [1.807, 2.05) is 42.5 Å². The fourth-order valence-electron chi connectivity index (χ4n) is 3.19. The molecule has 0 amide bonds. The number of rotatable bonds is 7. The maximum absolute atomic E-state index is 10.1. The molecule has 2 aromatic heterocycles. The molecule has 0 aliphatic rings. The quantitative estimate of drug-likeness (QED) is 0.297. The lowest BCUT2D eigenvalue weighted by Gasteiger charge is -2.08. The highest BCUT2D eigenvalue weighted by Crippen LogP contribution is 2.33. The number of pyridine rings is 1. The van der Waals surface area contributed by atoms with E-state index in [-0.39, 0.29) is 11.5 Å². The van der Waals surface area contributed by atoms with Gasteiger partial charge in [-0.25, -0.2) is 0 Å². The number of anilines is 2. The van der Waals surface area contributed by atoms with Crippen LogP contribution in [0.25, 0.3) is 22.4 Å². The summed E-state index contributed by atoms with van der Waals surface area (Å²) in [7, 11) is 0. The molecule has 0 aliphatic heterocycles. The first-order valence-electron chi connectivity index (χ1n) is 10.1. The topological polar surface area (TPSA) is 106 Å². The zero-order chi connectivity index (χ0) is 21.8. The molecule has 5 N–H and O–H groups in total. The van der Waals surface area contributed by atoms with Crippen molar-refractivity contribution in [3.63, 3.8) is 0 Å². The summed E-state index contributed by atoms with van der Waals surface area (Å²) >= 11 is 0. The van der Waals surface area contributed by atoms with Gasteiger partial charge < -0.3 is 20.8 Å². The first-order chi connectivity index (χ1) is 15.0. The van der Waals surface area contributed by atoms with Crippen LogP contribution in [-0.2, 0) is 6.54 Å². The third-order valence-corrected chi connectivity index (χ3v) is 4.85.